The monoisotopic (exact) mass is 354 g/mol. The molecule has 2 aromatic carbocycles. The van der Waals surface area contributed by atoms with E-state index in [4.69, 9.17) is 0 Å². The minimum Gasteiger partial charge on any atom is -0.365 e. The van der Waals surface area contributed by atoms with Crippen LogP contribution in [0.4, 0.5) is 16.2 Å². The highest BCUT2D eigenvalue weighted by atomic mass is 32.2. The predicted octanol–water partition coefficient (Wildman–Crippen LogP) is 4.98. The molecule has 2 amide bonds. The van der Waals surface area contributed by atoms with Crippen molar-refractivity contribution < 1.29 is 9.59 Å². The fourth-order valence-electron chi connectivity index (χ4n) is 2.80. The van der Waals surface area contributed by atoms with Gasteiger partial charge in [-0.3, -0.25) is 9.59 Å². The van der Waals surface area contributed by atoms with Crippen LogP contribution in [0.3, 0.4) is 0 Å². The van der Waals surface area contributed by atoms with Crippen LogP contribution in [0.15, 0.2) is 48.5 Å². The van der Waals surface area contributed by atoms with Gasteiger partial charge >= 0.3 is 0 Å². The number of carbonyl (C=O) groups is 2. The summed E-state index contributed by atoms with van der Waals surface area (Å²) in [5.41, 5.74) is 3.78. The molecular weight excluding hydrogens is 332 g/mol. The molecule has 2 aromatic rings. The first-order valence-corrected chi connectivity index (χ1v) is 9.43. The lowest BCUT2D eigenvalue weighted by Crippen LogP contribution is -2.34. The molecule has 1 N–H and O–H groups in total. The number of aryl methyl sites for hydroxylation is 2. The molecule has 1 saturated heterocycles. The van der Waals surface area contributed by atoms with Crippen LogP contribution in [0.25, 0.3) is 0 Å². The van der Waals surface area contributed by atoms with Crippen LogP contribution in [0.2, 0.25) is 0 Å². The van der Waals surface area contributed by atoms with Crippen molar-refractivity contribution in [3.05, 3.63) is 59.7 Å². The van der Waals surface area contributed by atoms with E-state index in [9.17, 15) is 9.59 Å². The summed E-state index contributed by atoms with van der Waals surface area (Å²) in [7, 11) is 0. The molecule has 130 valence electrons. The minimum atomic E-state index is -0.588. The summed E-state index contributed by atoms with van der Waals surface area (Å²) in [6.07, 6.45) is 3.40. The van der Waals surface area contributed by atoms with Gasteiger partial charge in [0.25, 0.3) is 11.1 Å². The molecule has 25 heavy (non-hydrogen) atoms. The Morgan fingerprint density at radius 3 is 2.56 bits per heavy atom. The van der Waals surface area contributed by atoms with Gasteiger partial charge in [-0.25, -0.2) is 4.90 Å². The molecule has 4 nitrogen and oxygen atoms in total. The number of imide groups is 1. The first-order valence-electron chi connectivity index (χ1n) is 8.55. The zero-order valence-electron chi connectivity index (χ0n) is 14.5. The molecule has 0 aromatic heterocycles. The Morgan fingerprint density at radius 1 is 1.12 bits per heavy atom. The van der Waals surface area contributed by atoms with Gasteiger partial charge in [-0.2, -0.15) is 0 Å². The maximum absolute atomic E-state index is 12.7. The average molecular weight is 354 g/mol. The van der Waals surface area contributed by atoms with Crippen molar-refractivity contribution in [2.75, 3.05) is 10.2 Å². The van der Waals surface area contributed by atoms with E-state index in [1.165, 1.54) is 23.3 Å². The van der Waals surface area contributed by atoms with Gasteiger partial charge in [0, 0.05) is 5.69 Å². The van der Waals surface area contributed by atoms with Crippen molar-refractivity contribution in [2.24, 2.45) is 0 Å². The van der Waals surface area contributed by atoms with E-state index in [1.54, 1.807) is 6.07 Å². The lowest BCUT2D eigenvalue weighted by atomic mass is 10.1. The molecule has 1 heterocycles. The van der Waals surface area contributed by atoms with Crippen LogP contribution in [0.5, 0.6) is 0 Å². The number of unbranched alkanes of at least 4 members (excludes halogenated alkanes) is 1. The number of hydrogen-bond donors (Lipinski definition) is 1. The lowest BCUT2D eigenvalue weighted by Gasteiger charge is -2.15. The fraction of sp³-hybridized carbons (Fsp3) is 0.300. The highest BCUT2D eigenvalue weighted by molar-refractivity contribution is 8.16. The molecule has 0 saturated carbocycles. The molecule has 0 spiro atoms. The normalized spacial score (nSPS) is 17.2. The van der Waals surface area contributed by atoms with Crippen molar-refractivity contribution in [2.45, 2.75) is 38.5 Å². The summed E-state index contributed by atoms with van der Waals surface area (Å²) in [5.74, 6) is -0.226. The number of nitrogens with one attached hydrogen (secondary N) is 1. The highest BCUT2D eigenvalue weighted by Gasteiger charge is 2.40. The third-order valence-corrected chi connectivity index (χ3v) is 5.12. The van der Waals surface area contributed by atoms with Gasteiger partial charge < -0.3 is 5.32 Å². The maximum Gasteiger partial charge on any atom is 0.295 e. The molecule has 1 aliphatic heterocycles. The second-order valence-corrected chi connectivity index (χ2v) is 7.28. The lowest BCUT2D eigenvalue weighted by molar-refractivity contribution is -0.116. The van der Waals surface area contributed by atoms with Gasteiger partial charge in [0.2, 0.25) is 0 Å². The first kappa shape index (κ1) is 17.5. The Hall–Kier alpha value is -2.27. The van der Waals surface area contributed by atoms with Crippen LogP contribution >= 0.6 is 11.8 Å². The number of carbonyl (C=O) groups excluding carboxylic acids is 2. The number of amides is 2. The van der Waals surface area contributed by atoms with Gasteiger partial charge in [0.05, 0.1) is 5.69 Å². The smallest absolute Gasteiger partial charge is 0.295 e. The third-order valence-electron chi connectivity index (χ3n) is 4.18. The van der Waals surface area contributed by atoms with Gasteiger partial charge in [-0.1, -0.05) is 37.6 Å². The quantitative estimate of drug-likeness (QED) is 0.795. The van der Waals surface area contributed by atoms with E-state index in [1.807, 2.05) is 37.3 Å². The summed E-state index contributed by atoms with van der Waals surface area (Å²) in [5, 5.41) is 2.34. The average Bonchev–Trinajstić information content (AvgIpc) is 2.88. The number of nitrogens with zero attached hydrogens (tertiary/aromatic N) is 1. The fourth-order valence-corrected chi connectivity index (χ4v) is 3.71. The topological polar surface area (TPSA) is 49.4 Å². The second kappa shape index (κ2) is 7.74. The van der Waals surface area contributed by atoms with E-state index in [0.29, 0.717) is 5.69 Å². The Kier molecular flexibility index (Phi) is 5.43. The van der Waals surface area contributed by atoms with Gasteiger partial charge in [-0.05, 0) is 66.9 Å². The zero-order valence-corrected chi connectivity index (χ0v) is 15.3. The minimum absolute atomic E-state index is 0.226. The highest BCUT2D eigenvalue weighted by Crippen LogP contribution is 2.32. The van der Waals surface area contributed by atoms with E-state index < -0.39 is 5.37 Å². The van der Waals surface area contributed by atoms with Crippen molar-refractivity contribution in [3.63, 3.8) is 0 Å². The van der Waals surface area contributed by atoms with Crippen molar-refractivity contribution in [1.29, 1.82) is 0 Å². The third kappa shape index (κ3) is 4.04. The van der Waals surface area contributed by atoms with E-state index >= 15 is 0 Å². The molecule has 0 bridgehead atoms. The van der Waals surface area contributed by atoms with Gasteiger partial charge in [0.1, 0.15) is 0 Å². The van der Waals surface area contributed by atoms with E-state index in [-0.39, 0.29) is 11.1 Å². The largest absolute Gasteiger partial charge is 0.365 e. The van der Waals surface area contributed by atoms with Crippen molar-refractivity contribution in [3.8, 4) is 0 Å². The number of anilines is 2. The summed E-state index contributed by atoms with van der Waals surface area (Å²) in [4.78, 5) is 26.2. The maximum atomic E-state index is 12.7. The molecule has 5 heteroatoms. The van der Waals surface area contributed by atoms with E-state index in [2.05, 4.69) is 24.4 Å². The number of thioether (sulfide) groups is 1. The molecule has 1 aliphatic rings. The number of rotatable bonds is 6. The molecule has 1 fully saturated rings. The molecule has 0 radical (unpaired) electrons. The molecule has 0 aliphatic carbocycles. The van der Waals surface area contributed by atoms with Crippen LogP contribution in [0.1, 0.15) is 30.9 Å². The summed E-state index contributed by atoms with van der Waals surface area (Å²) in [6.45, 7) is 4.12. The Morgan fingerprint density at radius 2 is 1.88 bits per heavy atom. The van der Waals surface area contributed by atoms with Crippen LogP contribution in [-0.4, -0.2) is 16.5 Å². The standard InChI is InChI=1S/C20H22N2O2S/c1-3-4-7-15-9-11-16(12-10-15)21-18-19(23)22(20(24)25-18)17-8-5-6-14(2)13-17/h5-6,8-13,18,21H,3-4,7H2,1-2H3. The van der Waals surface area contributed by atoms with E-state index in [0.717, 1.165) is 29.4 Å². The summed E-state index contributed by atoms with van der Waals surface area (Å²) in [6, 6.07) is 15.5. The van der Waals surface area contributed by atoms with Crippen LogP contribution < -0.4 is 10.2 Å². The molecule has 3 rings (SSSR count). The number of hydrogen-bond acceptors (Lipinski definition) is 4. The van der Waals surface area contributed by atoms with Crippen LogP contribution in [-0.2, 0) is 11.2 Å². The van der Waals surface area contributed by atoms with Gasteiger partial charge in [-0.15, -0.1) is 0 Å². The first-order chi connectivity index (χ1) is 12.1. The zero-order chi connectivity index (χ0) is 17.8. The number of benzene rings is 2. The van der Waals surface area contributed by atoms with Crippen molar-refractivity contribution >= 4 is 34.3 Å². The SMILES string of the molecule is CCCCc1ccc(NC2SC(=O)N(c3cccc(C)c3)C2=O)cc1. The van der Waals surface area contributed by atoms with Gasteiger partial charge in [0.15, 0.2) is 5.37 Å². The molecular formula is C20H22N2O2S. The Bertz CT molecular complexity index is 774. The summed E-state index contributed by atoms with van der Waals surface area (Å²) < 4.78 is 0. The Balaban J connectivity index is 1.70. The molecule has 1 atom stereocenters. The van der Waals surface area contributed by atoms with Crippen LogP contribution in [0, 0.1) is 6.92 Å². The summed E-state index contributed by atoms with van der Waals surface area (Å²) >= 11 is 1.02. The Labute approximate surface area is 152 Å². The predicted molar refractivity (Wildman–Crippen MR) is 104 cm³/mol. The van der Waals surface area contributed by atoms with Crippen molar-refractivity contribution in [1.82, 2.24) is 0 Å². The molecule has 1 unspecified atom stereocenters. The second-order valence-electron chi connectivity index (χ2n) is 6.22.